The minimum atomic E-state index is -2.70. The summed E-state index contributed by atoms with van der Waals surface area (Å²) in [6.07, 6.45) is 2.79. The van der Waals surface area contributed by atoms with Crippen molar-refractivity contribution < 1.29 is 13.3 Å². The van der Waals surface area contributed by atoms with Gasteiger partial charge in [0.1, 0.15) is 15.2 Å². The highest BCUT2D eigenvalue weighted by Crippen LogP contribution is 2.29. The second-order valence-corrected chi connectivity index (χ2v) is 15.2. The number of rotatable bonds is 8. The standard InChI is InChI=1S/C15H33NO3S3/c1-13(2,3)22(16,19)12-10-15(6,7)21(18)11-9-14(4,5)20(8)17/h16H,9-12H2,1-8H3/t20-,21+,22?/m0/s1. The van der Waals surface area contributed by atoms with Gasteiger partial charge in [0.2, 0.25) is 0 Å². The van der Waals surface area contributed by atoms with Gasteiger partial charge in [0.25, 0.3) is 0 Å². The molecule has 0 heterocycles. The number of hydrogen-bond acceptors (Lipinski definition) is 4. The van der Waals surface area contributed by atoms with Gasteiger partial charge in [0.05, 0.1) is 6.26 Å². The molecule has 4 nitrogen and oxygen atoms in total. The van der Waals surface area contributed by atoms with Gasteiger partial charge in [-0.1, -0.05) is 11.2 Å². The summed E-state index contributed by atoms with van der Waals surface area (Å²) in [5.41, 5.74) is 0. The Morgan fingerprint density at radius 1 is 0.955 bits per heavy atom. The zero-order valence-corrected chi connectivity index (χ0v) is 17.7. The second-order valence-electron chi connectivity index (χ2n) is 8.01. The summed E-state index contributed by atoms with van der Waals surface area (Å²) in [6, 6.07) is 0. The summed E-state index contributed by atoms with van der Waals surface area (Å²) in [5.74, 6) is 0.743. The van der Waals surface area contributed by atoms with E-state index in [2.05, 4.69) is 0 Å². The third-order valence-electron chi connectivity index (χ3n) is 4.26. The molecule has 0 aromatic heterocycles. The van der Waals surface area contributed by atoms with Gasteiger partial charge in [-0.2, -0.15) is 0 Å². The molecular weight excluding hydrogens is 338 g/mol. The van der Waals surface area contributed by atoms with Crippen LogP contribution in [0.3, 0.4) is 0 Å². The molecule has 7 heteroatoms. The predicted molar refractivity (Wildman–Crippen MR) is 99.9 cm³/mol. The summed E-state index contributed by atoms with van der Waals surface area (Å²) < 4.78 is 43.3. The lowest BCUT2D eigenvalue weighted by atomic mass is 10.1. The van der Waals surface area contributed by atoms with Gasteiger partial charge in [0, 0.05) is 33.1 Å². The molecule has 0 aliphatic rings. The molecule has 22 heavy (non-hydrogen) atoms. The molecule has 0 saturated carbocycles. The third-order valence-corrected chi connectivity index (χ3v) is 10.8. The second kappa shape index (κ2) is 7.64. The molecule has 0 bridgehead atoms. The van der Waals surface area contributed by atoms with Gasteiger partial charge >= 0.3 is 0 Å². The molecule has 0 aromatic rings. The summed E-state index contributed by atoms with van der Waals surface area (Å²) in [6.45, 7) is 13.1. The Balaban J connectivity index is 4.69. The molecule has 0 amide bonds. The van der Waals surface area contributed by atoms with Gasteiger partial charge in [0.15, 0.2) is 0 Å². The molecule has 0 spiro atoms. The van der Waals surface area contributed by atoms with E-state index in [9.17, 15) is 13.3 Å². The lowest BCUT2D eigenvalue weighted by Crippen LogP contribution is -2.41. The molecule has 1 unspecified atom stereocenters. The summed E-state index contributed by atoms with van der Waals surface area (Å²) in [4.78, 5) is 0. The van der Waals surface area contributed by atoms with E-state index < -0.39 is 41.6 Å². The van der Waals surface area contributed by atoms with E-state index >= 15 is 0 Å². The summed E-state index contributed by atoms with van der Waals surface area (Å²) in [5, 5.41) is 0. The van der Waals surface area contributed by atoms with Gasteiger partial charge in [-0.05, 0) is 59.6 Å². The average molecular weight is 372 g/mol. The van der Waals surface area contributed by atoms with Crippen molar-refractivity contribution in [2.75, 3.05) is 17.8 Å². The molecule has 134 valence electrons. The van der Waals surface area contributed by atoms with E-state index in [1.807, 2.05) is 48.5 Å². The fourth-order valence-electron chi connectivity index (χ4n) is 1.57. The summed E-state index contributed by atoms with van der Waals surface area (Å²) >= 11 is -2.06. The lowest BCUT2D eigenvalue weighted by molar-refractivity contribution is 0.518. The molecule has 0 aliphatic heterocycles. The quantitative estimate of drug-likeness (QED) is 0.664. The van der Waals surface area contributed by atoms with Gasteiger partial charge < -0.3 is 9.11 Å². The maximum absolute atomic E-state index is 12.6. The van der Waals surface area contributed by atoms with Crippen LogP contribution in [-0.4, -0.2) is 45.3 Å². The van der Waals surface area contributed by atoms with Crippen LogP contribution in [0.2, 0.25) is 0 Å². The Morgan fingerprint density at radius 3 is 1.77 bits per heavy atom. The maximum Gasteiger partial charge on any atom is 0.124 e. The van der Waals surface area contributed by atoms with Crippen molar-refractivity contribution in [2.45, 2.75) is 75.5 Å². The van der Waals surface area contributed by atoms with Crippen molar-refractivity contribution in [3.8, 4) is 0 Å². The van der Waals surface area contributed by atoms with Crippen molar-refractivity contribution in [1.82, 2.24) is 0 Å². The molecule has 0 radical (unpaired) electrons. The van der Waals surface area contributed by atoms with Crippen LogP contribution in [-0.2, 0) is 32.1 Å². The van der Waals surface area contributed by atoms with E-state index in [1.54, 1.807) is 6.26 Å². The molecule has 0 saturated heterocycles. The topological polar surface area (TPSA) is 87.0 Å². The van der Waals surface area contributed by atoms with E-state index in [0.29, 0.717) is 18.6 Å². The third kappa shape index (κ3) is 6.59. The van der Waals surface area contributed by atoms with Crippen LogP contribution in [0, 0.1) is 4.78 Å². The lowest BCUT2D eigenvalue weighted by Gasteiger charge is -2.33. The van der Waals surface area contributed by atoms with Crippen molar-refractivity contribution in [1.29, 1.82) is 4.78 Å². The zero-order chi connectivity index (χ0) is 18.0. The first kappa shape index (κ1) is 22.6. The fraction of sp³-hybridized carbons (Fsp3) is 1.00. The van der Waals surface area contributed by atoms with E-state index in [1.165, 1.54) is 0 Å². The zero-order valence-electron chi connectivity index (χ0n) is 15.3. The van der Waals surface area contributed by atoms with Crippen LogP contribution in [0.1, 0.15) is 61.3 Å². The molecule has 0 fully saturated rings. The fourth-order valence-corrected chi connectivity index (χ4v) is 5.20. The van der Waals surface area contributed by atoms with E-state index in [4.69, 9.17) is 4.78 Å². The molecule has 0 aromatic carbocycles. The SMILES string of the molecule is C[S@+]([O-])C(C)(C)CC[S@@+]([O-])C(C)(C)CCS(=N)(=O)C(C)(C)C. The van der Waals surface area contributed by atoms with Gasteiger partial charge in [-0.15, -0.1) is 0 Å². The van der Waals surface area contributed by atoms with Crippen molar-refractivity contribution in [2.24, 2.45) is 0 Å². The summed E-state index contributed by atoms with van der Waals surface area (Å²) in [7, 11) is -2.70. The number of nitrogens with one attached hydrogen (secondary N) is 1. The first-order valence-electron chi connectivity index (χ1n) is 7.51. The average Bonchev–Trinajstić information content (AvgIpc) is 2.32. The largest absolute Gasteiger partial charge is 0.616 e. The minimum absolute atomic E-state index is 0.262. The van der Waals surface area contributed by atoms with Crippen LogP contribution in [0.5, 0.6) is 0 Å². The first-order valence-corrected chi connectivity index (χ1v) is 12.1. The first-order chi connectivity index (χ1) is 9.53. The highest BCUT2D eigenvalue weighted by molar-refractivity contribution is 7.94. The van der Waals surface area contributed by atoms with E-state index in [-0.39, 0.29) is 10.5 Å². The van der Waals surface area contributed by atoms with Gasteiger partial charge in [-0.3, -0.25) is 4.78 Å². The van der Waals surface area contributed by atoms with Crippen LogP contribution < -0.4 is 0 Å². The molecule has 0 aliphatic carbocycles. The highest BCUT2D eigenvalue weighted by Gasteiger charge is 2.37. The Labute approximate surface area is 143 Å². The van der Waals surface area contributed by atoms with Crippen molar-refractivity contribution in [3.63, 3.8) is 0 Å². The van der Waals surface area contributed by atoms with Crippen LogP contribution >= 0.6 is 0 Å². The normalized spacial score (nSPS) is 19.5. The molecule has 3 atom stereocenters. The molecule has 0 rings (SSSR count). The highest BCUT2D eigenvalue weighted by atomic mass is 32.2. The predicted octanol–water partition coefficient (Wildman–Crippen LogP) is 3.30. The van der Waals surface area contributed by atoms with Crippen LogP contribution in [0.15, 0.2) is 0 Å². The molecular formula is C15H33NO3S3. The van der Waals surface area contributed by atoms with Crippen molar-refractivity contribution in [3.05, 3.63) is 0 Å². The molecule has 1 N–H and O–H groups in total. The van der Waals surface area contributed by atoms with Crippen LogP contribution in [0.25, 0.3) is 0 Å². The Morgan fingerprint density at radius 2 is 1.41 bits per heavy atom. The monoisotopic (exact) mass is 371 g/mol. The van der Waals surface area contributed by atoms with E-state index in [0.717, 1.165) is 0 Å². The van der Waals surface area contributed by atoms with Gasteiger partial charge in [-0.25, -0.2) is 4.21 Å². The van der Waals surface area contributed by atoms with Crippen molar-refractivity contribution >= 4 is 32.1 Å². The minimum Gasteiger partial charge on any atom is -0.616 e. The Kier molecular flexibility index (Phi) is 7.83. The Hall–Kier alpha value is 0.570. The maximum atomic E-state index is 12.6. The Bertz CT molecular complexity index is 451. The number of hydrogen-bond donors (Lipinski definition) is 1. The van der Waals surface area contributed by atoms with Crippen LogP contribution in [0.4, 0.5) is 0 Å². The smallest absolute Gasteiger partial charge is 0.124 e.